The van der Waals surface area contributed by atoms with Gasteiger partial charge in [0, 0.05) is 24.4 Å². The lowest BCUT2D eigenvalue weighted by Crippen LogP contribution is -2.31. The molecule has 134 valence electrons. The molecule has 0 amide bonds. The Morgan fingerprint density at radius 2 is 1.74 bits per heavy atom. The highest BCUT2D eigenvalue weighted by Crippen LogP contribution is 2.55. The molecule has 0 saturated heterocycles. The molecular formula is C11H21N2O8PS. The van der Waals surface area contributed by atoms with E-state index in [1.54, 1.807) is 6.92 Å². The summed E-state index contributed by atoms with van der Waals surface area (Å²) in [5.74, 6) is -3.13. The van der Waals surface area contributed by atoms with Crippen LogP contribution >= 0.6 is 18.1 Å². The zero-order valence-corrected chi connectivity index (χ0v) is 14.4. The van der Waals surface area contributed by atoms with Gasteiger partial charge in [-0.25, -0.2) is 14.7 Å². The summed E-state index contributed by atoms with van der Waals surface area (Å²) in [7, 11) is 0. The highest BCUT2D eigenvalue weighted by atomic mass is 32.7. The lowest BCUT2D eigenvalue weighted by Gasteiger charge is -2.19. The molecule has 2 unspecified atom stereocenters. The number of rotatable bonds is 10. The van der Waals surface area contributed by atoms with Gasteiger partial charge in [-0.1, -0.05) is 11.4 Å². The molecule has 2 atom stereocenters. The lowest BCUT2D eigenvalue weighted by molar-refractivity contribution is -0.138. The van der Waals surface area contributed by atoms with E-state index < -0.39 is 30.7 Å². The van der Waals surface area contributed by atoms with E-state index in [9.17, 15) is 18.9 Å². The number of aliphatic carboxylic acids is 3. The maximum absolute atomic E-state index is 12.0. The van der Waals surface area contributed by atoms with Crippen LogP contribution in [0.2, 0.25) is 0 Å². The first kappa shape index (κ1) is 23.9. The minimum Gasteiger partial charge on any atom is -0.480 e. The van der Waals surface area contributed by atoms with Crippen LogP contribution in [0.1, 0.15) is 13.8 Å². The summed E-state index contributed by atoms with van der Waals surface area (Å²) in [6.45, 7) is 0.595. The van der Waals surface area contributed by atoms with Crippen molar-refractivity contribution in [3.8, 4) is 0 Å². The third-order valence-electron chi connectivity index (χ3n) is 1.77. The molecule has 10 nitrogen and oxygen atoms in total. The Labute approximate surface area is 137 Å². The van der Waals surface area contributed by atoms with Gasteiger partial charge in [-0.3, -0.25) is 9.36 Å². The molecule has 0 aromatic carbocycles. The van der Waals surface area contributed by atoms with Gasteiger partial charge in [0.15, 0.2) is 0 Å². The van der Waals surface area contributed by atoms with Gasteiger partial charge < -0.3 is 25.6 Å². The zero-order valence-electron chi connectivity index (χ0n) is 12.7. The lowest BCUT2D eigenvalue weighted by atomic mass is 10.4. The van der Waals surface area contributed by atoms with Crippen LogP contribution in [-0.2, 0) is 23.5 Å². The summed E-state index contributed by atoms with van der Waals surface area (Å²) >= 11 is 1.03. The zero-order chi connectivity index (χ0) is 18.5. The Kier molecular flexibility index (Phi) is 13.6. The topological polar surface area (TPSA) is 176 Å². The molecule has 0 saturated carbocycles. The third-order valence-corrected chi connectivity index (χ3v) is 6.03. The average molecular weight is 372 g/mol. The number of carboxylic acid groups (broad SMARTS) is 3. The third kappa shape index (κ3) is 15.3. The Hall–Kier alpha value is -1.39. The number of carboxylic acids is 3. The predicted molar refractivity (Wildman–Crippen MR) is 85.4 cm³/mol. The standard InChI is InChI=1S/C7H17N2O4PS.C4H4O4/c1-3-13-14(12,15-5-4-8)9-6(2)7(10)11;5-3(6)1-2-4(7)8/h6H,3-5,8H2,1-2H3,(H,9,12)(H,10,11);1-2H,(H,5,6)(H,7,8)/b;2-1+. The average Bonchev–Trinajstić information content (AvgIpc) is 2.43. The van der Waals surface area contributed by atoms with Gasteiger partial charge >= 0.3 is 24.6 Å². The van der Waals surface area contributed by atoms with Crippen LogP contribution in [0.3, 0.4) is 0 Å². The van der Waals surface area contributed by atoms with Crippen LogP contribution in [0.4, 0.5) is 0 Å². The Morgan fingerprint density at radius 3 is 2.04 bits per heavy atom. The monoisotopic (exact) mass is 372 g/mol. The molecular weight excluding hydrogens is 351 g/mol. The normalized spacial score (nSPS) is 14.4. The van der Waals surface area contributed by atoms with Gasteiger partial charge in [-0.15, -0.1) is 0 Å². The molecule has 0 aromatic rings. The summed E-state index contributed by atoms with van der Waals surface area (Å²) < 4.78 is 17.0. The Bertz CT molecular complexity index is 455. The van der Waals surface area contributed by atoms with E-state index in [4.69, 9.17) is 25.6 Å². The van der Waals surface area contributed by atoms with E-state index in [1.807, 2.05) is 0 Å². The van der Waals surface area contributed by atoms with Crippen LogP contribution < -0.4 is 10.8 Å². The minimum absolute atomic E-state index is 0.258. The molecule has 0 spiro atoms. The quantitative estimate of drug-likeness (QED) is 0.268. The molecule has 0 radical (unpaired) electrons. The van der Waals surface area contributed by atoms with Gasteiger partial charge in [0.2, 0.25) is 0 Å². The van der Waals surface area contributed by atoms with Crippen molar-refractivity contribution in [3.05, 3.63) is 12.2 Å². The van der Waals surface area contributed by atoms with E-state index in [0.717, 1.165) is 11.4 Å². The summed E-state index contributed by atoms with van der Waals surface area (Å²) in [4.78, 5) is 29.7. The number of nitrogens with one attached hydrogen (secondary N) is 1. The summed E-state index contributed by atoms with van der Waals surface area (Å²) in [6.07, 6.45) is 1.12. The molecule has 0 bridgehead atoms. The van der Waals surface area contributed by atoms with Crippen molar-refractivity contribution in [2.45, 2.75) is 19.9 Å². The first-order valence-corrected chi connectivity index (χ1v) is 9.53. The molecule has 0 aromatic heterocycles. The first-order chi connectivity index (χ1) is 10.6. The number of nitrogens with two attached hydrogens (primary N) is 1. The van der Waals surface area contributed by atoms with Crippen LogP contribution in [0.25, 0.3) is 0 Å². The van der Waals surface area contributed by atoms with Crippen molar-refractivity contribution in [3.63, 3.8) is 0 Å². The minimum atomic E-state index is -3.14. The maximum Gasteiger partial charge on any atom is 0.328 e. The van der Waals surface area contributed by atoms with Crippen LogP contribution in [0, 0.1) is 0 Å². The van der Waals surface area contributed by atoms with Gasteiger partial charge in [-0.2, -0.15) is 0 Å². The molecule has 23 heavy (non-hydrogen) atoms. The second-order valence-electron chi connectivity index (χ2n) is 3.74. The second kappa shape index (κ2) is 13.1. The van der Waals surface area contributed by atoms with Crippen molar-refractivity contribution in [1.29, 1.82) is 0 Å². The van der Waals surface area contributed by atoms with Gasteiger partial charge in [0.05, 0.1) is 6.61 Å². The van der Waals surface area contributed by atoms with Crippen LogP contribution in [0.5, 0.6) is 0 Å². The molecule has 0 aliphatic carbocycles. The molecule has 0 heterocycles. The maximum atomic E-state index is 12.0. The first-order valence-electron chi connectivity index (χ1n) is 6.31. The van der Waals surface area contributed by atoms with Gasteiger partial charge in [0.1, 0.15) is 6.04 Å². The SMILES string of the molecule is CCOP(=O)(NC(C)C(=O)O)SCCN.O=C(O)/C=C/C(=O)O. The van der Waals surface area contributed by atoms with E-state index >= 15 is 0 Å². The molecule has 0 rings (SSSR count). The van der Waals surface area contributed by atoms with Crippen molar-refractivity contribution in [1.82, 2.24) is 5.09 Å². The summed E-state index contributed by atoms with van der Waals surface area (Å²) in [6, 6.07) is -0.910. The summed E-state index contributed by atoms with van der Waals surface area (Å²) in [5.41, 5.74) is 5.28. The van der Waals surface area contributed by atoms with Crippen LogP contribution in [0.15, 0.2) is 12.2 Å². The number of hydrogen-bond acceptors (Lipinski definition) is 7. The summed E-state index contributed by atoms with van der Waals surface area (Å²) in [5, 5.41) is 26.8. The van der Waals surface area contributed by atoms with E-state index in [0.29, 0.717) is 24.4 Å². The largest absolute Gasteiger partial charge is 0.480 e. The van der Waals surface area contributed by atoms with Crippen LogP contribution in [-0.4, -0.2) is 58.2 Å². The van der Waals surface area contributed by atoms with Crippen molar-refractivity contribution in [2.24, 2.45) is 5.73 Å². The fourth-order valence-electron chi connectivity index (χ4n) is 0.890. The smallest absolute Gasteiger partial charge is 0.328 e. The number of hydrogen-bond donors (Lipinski definition) is 5. The molecule has 0 aliphatic heterocycles. The molecule has 0 aliphatic rings. The van der Waals surface area contributed by atoms with Crippen molar-refractivity contribution >= 4 is 36.0 Å². The number of carbonyl (C=O) groups is 3. The van der Waals surface area contributed by atoms with E-state index in [2.05, 4.69) is 5.09 Å². The van der Waals surface area contributed by atoms with E-state index in [1.165, 1.54) is 6.92 Å². The van der Waals surface area contributed by atoms with Crippen molar-refractivity contribution < 1.29 is 38.8 Å². The molecule has 6 N–H and O–H groups in total. The predicted octanol–water partition coefficient (Wildman–Crippen LogP) is 0.597. The Morgan fingerprint density at radius 1 is 1.26 bits per heavy atom. The van der Waals surface area contributed by atoms with Crippen molar-refractivity contribution in [2.75, 3.05) is 18.9 Å². The second-order valence-corrected chi connectivity index (χ2v) is 8.13. The highest BCUT2D eigenvalue weighted by Gasteiger charge is 2.27. The fourth-order valence-corrected chi connectivity index (χ4v) is 4.66. The fraction of sp³-hybridized carbons (Fsp3) is 0.545. The van der Waals surface area contributed by atoms with Gasteiger partial charge in [-0.05, 0) is 13.8 Å². The van der Waals surface area contributed by atoms with E-state index in [-0.39, 0.29) is 6.61 Å². The molecule has 0 fully saturated rings. The van der Waals surface area contributed by atoms with Gasteiger partial charge in [0.25, 0.3) is 0 Å². The highest BCUT2D eigenvalue weighted by molar-refractivity contribution is 8.56. The Balaban J connectivity index is 0. The molecule has 12 heteroatoms.